The Hall–Kier alpha value is -2.44. The zero-order valence-electron chi connectivity index (χ0n) is 15.5. The molecular weight excluding hydrogens is 324 g/mol. The number of carbonyl (C=O) groups is 2. The molecule has 138 valence electrons. The Kier molecular flexibility index (Phi) is 5.77. The third-order valence-corrected chi connectivity index (χ3v) is 4.80. The molecule has 7 nitrogen and oxygen atoms in total. The molecule has 1 fully saturated rings. The van der Waals surface area contributed by atoms with Crippen LogP contribution >= 0.6 is 0 Å². The van der Waals surface area contributed by atoms with Crippen molar-refractivity contribution in [3.05, 3.63) is 17.7 Å². The van der Waals surface area contributed by atoms with Gasteiger partial charge in [-0.15, -0.1) is 0 Å². The van der Waals surface area contributed by atoms with Gasteiger partial charge >= 0.3 is 0 Å². The van der Waals surface area contributed by atoms with Gasteiger partial charge in [0.05, 0.1) is 21.3 Å². The fourth-order valence-corrected chi connectivity index (χ4v) is 2.92. The van der Waals surface area contributed by atoms with Gasteiger partial charge in [0, 0.05) is 19.5 Å². The second-order valence-corrected chi connectivity index (χ2v) is 6.14. The second kappa shape index (κ2) is 7.63. The molecule has 1 aliphatic rings. The first kappa shape index (κ1) is 18.9. The fraction of sp³-hybridized carbons (Fsp3) is 0.556. The van der Waals surface area contributed by atoms with Gasteiger partial charge in [-0.05, 0) is 31.0 Å². The first-order valence-electron chi connectivity index (χ1n) is 8.28. The number of nitrogens with one attached hydrogen (secondary N) is 1. The standard InChI is InChI=1S/C18H26N2O5/c1-6-18(2,20-8-7-15(20)21)17(22)19-11-12-9-13(23-3)16(25-5)14(10-12)24-4/h9-10H,6-8,11H2,1-5H3,(H,19,22). The first-order valence-corrected chi connectivity index (χ1v) is 8.28. The average Bonchev–Trinajstić information content (AvgIpc) is 2.63. The summed E-state index contributed by atoms with van der Waals surface area (Å²) >= 11 is 0. The van der Waals surface area contributed by atoms with Gasteiger partial charge in [0.2, 0.25) is 17.6 Å². The summed E-state index contributed by atoms with van der Waals surface area (Å²) in [6.07, 6.45) is 1.07. The fourth-order valence-electron chi connectivity index (χ4n) is 2.92. The van der Waals surface area contributed by atoms with Crippen LogP contribution in [0.4, 0.5) is 0 Å². The van der Waals surface area contributed by atoms with Crippen LogP contribution in [0.15, 0.2) is 12.1 Å². The van der Waals surface area contributed by atoms with Crippen LogP contribution in [0.1, 0.15) is 32.3 Å². The lowest BCUT2D eigenvalue weighted by atomic mass is 9.91. The predicted molar refractivity (Wildman–Crippen MR) is 93.0 cm³/mol. The van der Waals surface area contributed by atoms with Crippen molar-refractivity contribution in [2.75, 3.05) is 27.9 Å². The summed E-state index contributed by atoms with van der Waals surface area (Å²) in [6.45, 7) is 4.63. The van der Waals surface area contributed by atoms with Crippen molar-refractivity contribution in [3.63, 3.8) is 0 Å². The normalized spacial score (nSPS) is 15.9. The monoisotopic (exact) mass is 350 g/mol. The maximum absolute atomic E-state index is 12.7. The molecule has 0 radical (unpaired) electrons. The summed E-state index contributed by atoms with van der Waals surface area (Å²) in [4.78, 5) is 26.1. The van der Waals surface area contributed by atoms with E-state index in [1.807, 2.05) is 6.92 Å². The molecular formula is C18H26N2O5. The van der Waals surface area contributed by atoms with E-state index < -0.39 is 5.54 Å². The average molecular weight is 350 g/mol. The quantitative estimate of drug-likeness (QED) is 0.723. The Balaban J connectivity index is 2.14. The third-order valence-electron chi connectivity index (χ3n) is 4.80. The molecule has 7 heteroatoms. The summed E-state index contributed by atoms with van der Waals surface area (Å²) in [5.74, 6) is 1.42. The van der Waals surface area contributed by atoms with Crippen LogP contribution in [-0.2, 0) is 16.1 Å². The first-order chi connectivity index (χ1) is 11.9. The molecule has 1 saturated heterocycles. The number of β-lactam (4-membered cyclic amide) rings is 1. The number of ether oxygens (including phenoxy) is 3. The number of carbonyl (C=O) groups excluding carboxylic acids is 2. The van der Waals surface area contributed by atoms with Crippen molar-refractivity contribution >= 4 is 11.8 Å². The highest BCUT2D eigenvalue weighted by Gasteiger charge is 2.44. The molecule has 1 atom stereocenters. The van der Waals surface area contributed by atoms with E-state index >= 15 is 0 Å². The van der Waals surface area contributed by atoms with Crippen LogP contribution in [-0.4, -0.2) is 50.1 Å². The summed E-state index contributed by atoms with van der Waals surface area (Å²) in [7, 11) is 4.63. The molecule has 1 aliphatic heterocycles. The number of nitrogens with zero attached hydrogens (tertiary/aromatic N) is 1. The van der Waals surface area contributed by atoms with Crippen LogP contribution in [0.25, 0.3) is 0 Å². The highest BCUT2D eigenvalue weighted by Crippen LogP contribution is 2.38. The minimum Gasteiger partial charge on any atom is -0.493 e. The van der Waals surface area contributed by atoms with E-state index in [1.54, 1.807) is 45.3 Å². The van der Waals surface area contributed by atoms with Gasteiger partial charge in [-0.2, -0.15) is 0 Å². The van der Waals surface area contributed by atoms with Gasteiger partial charge in [0.15, 0.2) is 11.5 Å². The molecule has 0 spiro atoms. The van der Waals surface area contributed by atoms with Crippen molar-refractivity contribution in [1.29, 1.82) is 0 Å². The highest BCUT2D eigenvalue weighted by molar-refractivity contribution is 5.93. The van der Waals surface area contributed by atoms with Crippen molar-refractivity contribution < 1.29 is 23.8 Å². The van der Waals surface area contributed by atoms with Gasteiger partial charge in [-0.1, -0.05) is 6.92 Å². The maximum Gasteiger partial charge on any atom is 0.245 e. The van der Waals surface area contributed by atoms with Crippen LogP contribution in [0.5, 0.6) is 17.2 Å². The minimum absolute atomic E-state index is 0.0206. The van der Waals surface area contributed by atoms with Gasteiger partial charge in [0.1, 0.15) is 5.54 Å². The molecule has 25 heavy (non-hydrogen) atoms. The number of amides is 2. The molecule has 2 rings (SSSR count). The van der Waals surface area contributed by atoms with E-state index in [9.17, 15) is 9.59 Å². The van der Waals surface area contributed by atoms with Crippen LogP contribution < -0.4 is 19.5 Å². The lowest BCUT2D eigenvalue weighted by Gasteiger charge is -2.44. The van der Waals surface area contributed by atoms with Crippen LogP contribution in [0.3, 0.4) is 0 Å². The summed E-state index contributed by atoms with van der Waals surface area (Å²) in [5.41, 5.74) is -0.00747. The van der Waals surface area contributed by atoms with E-state index in [0.29, 0.717) is 43.2 Å². The molecule has 0 bridgehead atoms. The van der Waals surface area contributed by atoms with Crippen molar-refractivity contribution in [2.24, 2.45) is 0 Å². The van der Waals surface area contributed by atoms with Crippen molar-refractivity contribution in [1.82, 2.24) is 10.2 Å². The van der Waals surface area contributed by atoms with E-state index in [0.717, 1.165) is 5.56 Å². The number of hydrogen-bond acceptors (Lipinski definition) is 5. The predicted octanol–water partition coefficient (Wildman–Crippen LogP) is 1.73. The topological polar surface area (TPSA) is 77.1 Å². The maximum atomic E-state index is 12.7. The van der Waals surface area contributed by atoms with E-state index in [-0.39, 0.29) is 11.8 Å². The van der Waals surface area contributed by atoms with E-state index in [1.165, 1.54) is 0 Å². The van der Waals surface area contributed by atoms with Crippen LogP contribution in [0.2, 0.25) is 0 Å². The third kappa shape index (κ3) is 3.50. The van der Waals surface area contributed by atoms with Crippen molar-refractivity contribution in [3.8, 4) is 17.2 Å². The van der Waals surface area contributed by atoms with Gasteiger partial charge in [-0.3, -0.25) is 9.59 Å². The van der Waals surface area contributed by atoms with Crippen LogP contribution in [0, 0.1) is 0 Å². The summed E-state index contributed by atoms with van der Waals surface area (Å²) < 4.78 is 15.9. The van der Waals surface area contributed by atoms with Crippen molar-refractivity contribution in [2.45, 2.75) is 38.8 Å². The summed E-state index contributed by atoms with van der Waals surface area (Å²) in [5, 5.41) is 2.92. The SMILES string of the molecule is CCC(C)(C(=O)NCc1cc(OC)c(OC)c(OC)c1)N1CCC1=O. The molecule has 1 N–H and O–H groups in total. The molecule has 0 aromatic heterocycles. The molecule has 1 aromatic rings. The Labute approximate surface area is 148 Å². The number of likely N-dealkylation sites (tertiary alicyclic amines) is 1. The summed E-state index contributed by atoms with van der Waals surface area (Å²) in [6, 6.07) is 3.58. The zero-order valence-corrected chi connectivity index (χ0v) is 15.5. The van der Waals surface area contributed by atoms with Gasteiger partial charge in [-0.25, -0.2) is 0 Å². The zero-order chi connectivity index (χ0) is 18.6. The lowest BCUT2D eigenvalue weighted by molar-refractivity contribution is -0.156. The molecule has 1 unspecified atom stereocenters. The molecule has 1 aromatic carbocycles. The minimum atomic E-state index is -0.823. The second-order valence-electron chi connectivity index (χ2n) is 6.14. The smallest absolute Gasteiger partial charge is 0.245 e. The van der Waals surface area contributed by atoms with E-state index in [4.69, 9.17) is 14.2 Å². The largest absolute Gasteiger partial charge is 0.493 e. The van der Waals surface area contributed by atoms with E-state index in [2.05, 4.69) is 5.32 Å². The lowest BCUT2D eigenvalue weighted by Crippen LogP contribution is -2.63. The number of benzene rings is 1. The number of hydrogen-bond donors (Lipinski definition) is 1. The Morgan fingerprint density at radius 1 is 1.20 bits per heavy atom. The molecule has 0 saturated carbocycles. The molecule has 0 aliphatic carbocycles. The Morgan fingerprint density at radius 2 is 1.80 bits per heavy atom. The Bertz CT molecular complexity index is 636. The Morgan fingerprint density at radius 3 is 2.16 bits per heavy atom. The molecule has 2 amide bonds. The number of methoxy groups -OCH3 is 3. The van der Waals surface area contributed by atoms with Gasteiger partial charge in [0.25, 0.3) is 0 Å². The highest BCUT2D eigenvalue weighted by atomic mass is 16.5. The molecule has 1 heterocycles. The number of rotatable bonds is 8. The van der Waals surface area contributed by atoms with Gasteiger partial charge < -0.3 is 24.4 Å².